The molecule has 3 saturated carbocycles. The Labute approximate surface area is 304 Å². The van der Waals surface area contributed by atoms with Crippen LogP contribution in [0.5, 0.6) is 0 Å². The second-order valence-electron chi connectivity index (χ2n) is 15.3. The maximum absolute atomic E-state index is 14.5. The summed E-state index contributed by atoms with van der Waals surface area (Å²) in [6.07, 6.45) is 7.92. The van der Waals surface area contributed by atoms with Crippen LogP contribution >= 0.6 is 0 Å². The number of alkyl carbamates (subject to hydrolysis) is 1. The summed E-state index contributed by atoms with van der Waals surface area (Å²) in [5.74, 6) is -2.73. The van der Waals surface area contributed by atoms with Gasteiger partial charge in [-0.2, -0.15) is 0 Å². The highest BCUT2D eigenvalue weighted by atomic mass is 32.2. The lowest BCUT2D eigenvalue weighted by Crippen LogP contribution is -2.59. The van der Waals surface area contributed by atoms with Crippen LogP contribution in [0.2, 0.25) is 0 Å². The Morgan fingerprint density at radius 2 is 1.73 bits per heavy atom. The zero-order valence-electron chi connectivity index (χ0n) is 29.5. The molecule has 15 heteroatoms. The quantitative estimate of drug-likeness (QED) is 0.354. The molecule has 0 spiro atoms. The lowest BCUT2D eigenvalue weighted by molar-refractivity contribution is -0.142. The summed E-state index contributed by atoms with van der Waals surface area (Å²) in [6, 6.07) is 3.96. The maximum Gasteiger partial charge on any atom is 0.410 e. The fourth-order valence-corrected chi connectivity index (χ4v) is 9.79. The topological polar surface area (TPSA) is 181 Å². The number of benzene rings is 1. The number of hydrogen-bond acceptors (Lipinski definition) is 9. The number of rotatable bonds is 7. The molecular formula is C37H49N5O9S. The third-order valence-electron chi connectivity index (χ3n) is 11.7. The number of aryl methyl sites for hydroxylation is 1. The summed E-state index contributed by atoms with van der Waals surface area (Å²) in [5.41, 5.74) is 1.81. The molecule has 5 atom stereocenters. The molecule has 5 amide bonds. The molecule has 1 saturated heterocycles. The van der Waals surface area contributed by atoms with Crippen molar-refractivity contribution >= 4 is 39.9 Å². The van der Waals surface area contributed by atoms with E-state index in [2.05, 4.69) is 28.0 Å². The molecule has 0 unspecified atom stereocenters. The van der Waals surface area contributed by atoms with E-state index in [0.29, 0.717) is 45.2 Å². The molecule has 3 heterocycles. The summed E-state index contributed by atoms with van der Waals surface area (Å²) in [4.78, 5) is 71.8. The van der Waals surface area contributed by atoms with Gasteiger partial charge in [-0.15, -0.1) is 6.58 Å². The molecule has 4 fully saturated rings. The van der Waals surface area contributed by atoms with E-state index < -0.39 is 74.8 Å². The molecule has 52 heavy (non-hydrogen) atoms. The average molecular weight is 740 g/mol. The van der Waals surface area contributed by atoms with Gasteiger partial charge in [0.15, 0.2) is 0 Å². The molecule has 0 radical (unpaired) electrons. The minimum absolute atomic E-state index is 0.0476. The molecule has 6 aliphatic rings. The van der Waals surface area contributed by atoms with Crippen LogP contribution in [0.4, 0.5) is 9.59 Å². The summed E-state index contributed by atoms with van der Waals surface area (Å²) in [6.45, 7) is 4.66. The van der Waals surface area contributed by atoms with Crippen molar-refractivity contribution in [2.45, 2.75) is 126 Å². The van der Waals surface area contributed by atoms with Crippen molar-refractivity contribution < 1.29 is 41.9 Å². The molecule has 3 aliphatic heterocycles. The van der Waals surface area contributed by atoms with Crippen LogP contribution in [0.15, 0.2) is 30.9 Å². The highest BCUT2D eigenvalue weighted by molar-refractivity contribution is 7.91. The molecule has 0 aromatic heterocycles. The number of sulfonamides is 1. The van der Waals surface area contributed by atoms with Gasteiger partial charge in [0.1, 0.15) is 23.7 Å². The van der Waals surface area contributed by atoms with Crippen LogP contribution in [0.1, 0.15) is 93.7 Å². The third kappa shape index (κ3) is 7.51. The number of fused-ring (bicyclic) bond motifs is 3. The van der Waals surface area contributed by atoms with Gasteiger partial charge in [-0.05, 0) is 74.0 Å². The second kappa shape index (κ2) is 14.7. The fraction of sp³-hybridized carbons (Fsp3) is 0.649. The van der Waals surface area contributed by atoms with Gasteiger partial charge in [0.25, 0.3) is 5.91 Å². The average Bonchev–Trinajstić information content (AvgIpc) is 3.90. The van der Waals surface area contributed by atoms with Crippen LogP contribution in [0.25, 0.3) is 0 Å². The first-order valence-electron chi connectivity index (χ1n) is 18.8. The number of carbonyl (C=O) groups is 5. The standard InChI is InChI=1S/C37H49N5O9S/c1-2-26-19-37(26,34(45)40-52(48,49)28-15-16-28)39-32(43)30-18-27-21-42(30)33(44)31(24-11-6-7-12-24)38-35(46)50-17-8-4-3-5-10-23-13-9-14-25-20-41(22-29(23)25)36(47)51-27/h2,9,13-14,24,26-28,30-31H,1,3-8,10-12,15-22H2,(H,38,46)(H,39,43)(H,40,45)/t26-,27-,30+,31+,37-/m1/s1. The Kier molecular flexibility index (Phi) is 10.2. The van der Waals surface area contributed by atoms with Crippen molar-refractivity contribution in [3.63, 3.8) is 0 Å². The summed E-state index contributed by atoms with van der Waals surface area (Å²) in [5, 5.41) is 4.94. The van der Waals surface area contributed by atoms with E-state index in [0.717, 1.165) is 49.7 Å². The van der Waals surface area contributed by atoms with Crippen molar-refractivity contribution in [2.24, 2.45) is 11.8 Å². The second-order valence-corrected chi connectivity index (χ2v) is 17.3. The highest BCUT2D eigenvalue weighted by Gasteiger charge is 2.62. The molecule has 1 aromatic carbocycles. The Morgan fingerprint density at radius 1 is 0.981 bits per heavy atom. The molecule has 3 aliphatic carbocycles. The van der Waals surface area contributed by atoms with Gasteiger partial charge in [0, 0.05) is 25.4 Å². The molecule has 1 aromatic rings. The first-order chi connectivity index (χ1) is 25.0. The largest absolute Gasteiger partial charge is 0.450 e. The van der Waals surface area contributed by atoms with Crippen molar-refractivity contribution in [2.75, 3.05) is 13.2 Å². The Bertz CT molecular complexity index is 1720. The van der Waals surface area contributed by atoms with Crippen molar-refractivity contribution in [3.8, 4) is 0 Å². The molecule has 4 bridgehead atoms. The van der Waals surface area contributed by atoms with E-state index in [1.54, 1.807) is 4.90 Å². The van der Waals surface area contributed by atoms with Crippen molar-refractivity contribution in [1.29, 1.82) is 0 Å². The predicted octanol–water partition coefficient (Wildman–Crippen LogP) is 3.18. The summed E-state index contributed by atoms with van der Waals surface area (Å²) < 4.78 is 39.0. The zero-order valence-corrected chi connectivity index (χ0v) is 30.3. The van der Waals surface area contributed by atoms with Crippen molar-refractivity contribution in [1.82, 2.24) is 25.2 Å². The first kappa shape index (κ1) is 36.2. The Balaban J connectivity index is 1.15. The molecular weight excluding hydrogens is 691 g/mol. The number of nitrogens with zero attached hydrogens (tertiary/aromatic N) is 2. The van der Waals surface area contributed by atoms with E-state index in [9.17, 15) is 32.4 Å². The zero-order chi connectivity index (χ0) is 36.6. The van der Waals surface area contributed by atoms with E-state index in [-0.39, 0.29) is 31.9 Å². The number of carbonyl (C=O) groups excluding carboxylic acids is 5. The monoisotopic (exact) mass is 739 g/mol. The smallest absolute Gasteiger partial charge is 0.410 e. The normalized spacial score (nSPS) is 30.2. The van der Waals surface area contributed by atoms with Gasteiger partial charge in [-0.25, -0.2) is 18.0 Å². The lowest BCUT2D eigenvalue weighted by Gasteiger charge is -2.32. The van der Waals surface area contributed by atoms with E-state index in [1.807, 2.05) is 12.1 Å². The van der Waals surface area contributed by atoms with Gasteiger partial charge in [0.2, 0.25) is 21.8 Å². The maximum atomic E-state index is 14.5. The van der Waals surface area contributed by atoms with Crippen molar-refractivity contribution in [3.05, 3.63) is 47.5 Å². The van der Waals surface area contributed by atoms with Crippen LogP contribution in [-0.2, 0) is 53.4 Å². The van der Waals surface area contributed by atoms with E-state index in [4.69, 9.17) is 9.47 Å². The fourth-order valence-electron chi connectivity index (χ4n) is 8.42. The van der Waals surface area contributed by atoms with Crippen LogP contribution < -0.4 is 15.4 Å². The Hall–Kier alpha value is -4.14. The number of cyclic esters (lactones) is 1. The van der Waals surface area contributed by atoms with Gasteiger partial charge >= 0.3 is 12.2 Å². The van der Waals surface area contributed by atoms with Crippen LogP contribution in [-0.4, -0.2) is 90.3 Å². The minimum Gasteiger partial charge on any atom is -0.450 e. The molecule has 7 rings (SSSR count). The van der Waals surface area contributed by atoms with Crippen LogP contribution in [0, 0.1) is 11.8 Å². The van der Waals surface area contributed by atoms with Gasteiger partial charge in [-0.1, -0.05) is 50.0 Å². The van der Waals surface area contributed by atoms with Gasteiger partial charge < -0.3 is 25.0 Å². The van der Waals surface area contributed by atoms with E-state index in [1.165, 1.54) is 16.5 Å². The van der Waals surface area contributed by atoms with Crippen LogP contribution in [0.3, 0.4) is 0 Å². The number of amides is 5. The SMILES string of the molecule is C=C[C@@H]1C[C@]1(NC(=O)[C@@H]1C[C@@H]2CN1C(=O)[C@H](C1CCCC1)NC(=O)OCCCCCCc1cccc3c1CN(C3)C(=O)O2)C(=O)NS(=O)(=O)C1CC1. The first-order valence-corrected chi connectivity index (χ1v) is 20.3. The summed E-state index contributed by atoms with van der Waals surface area (Å²) in [7, 11) is -3.90. The van der Waals surface area contributed by atoms with Gasteiger partial charge in [0.05, 0.1) is 18.4 Å². The Morgan fingerprint density at radius 3 is 2.46 bits per heavy atom. The number of nitrogens with one attached hydrogen (secondary N) is 3. The minimum atomic E-state index is -3.90. The molecule has 282 valence electrons. The number of ether oxygens (including phenoxy) is 2. The highest BCUT2D eigenvalue weighted by Crippen LogP contribution is 2.45. The summed E-state index contributed by atoms with van der Waals surface area (Å²) >= 11 is 0. The third-order valence-corrected chi connectivity index (χ3v) is 13.5. The van der Waals surface area contributed by atoms with E-state index >= 15 is 0 Å². The molecule has 14 nitrogen and oxygen atoms in total. The number of hydrogen-bond donors (Lipinski definition) is 3. The molecule has 3 N–H and O–H groups in total. The predicted molar refractivity (Wildman–Crippen MR) is 188 cm³/mol. The van der Waals surface area contributed by atoms with Gasteiger partial charge in [-0.3, -0.25) is 24.0 Å². The lowest BCUT2D eigenvalue weighted by atomic mass is 9.96.